The third-order valence-electron chi connectivity index (χ3n) is 6.09. The van der Waals surface area contributed by atoms with E-state index in [-0.39, 0.29) is 21.2 Å². The van der Waals surface area contributed by atoms with Crippen LogP contribution in [0.4, 0.5) is 0 Å². The third kappa shape index (κ3) is 3.29. The van der Waals surface area contributed by atoms with E-state index in [1.165, 1.54) is 9.14 Å². The van der Waals surface area contributed by atoms with Gasteiger partial charge < -0.3 is 0 Å². The van der Waals surface area contributed by atoms with Crippen molar-refractivity contribution in [3.63, 3.8) is 0 Å². The minimum absolute atomic E-state index is 0.0633. The van der Waals surface area contributed by atoms with Gasteiger partial charge in [-0.3, -0.25) is 0 Å². The van der Waals surface area contributed by atoms with E-state index >= 15 is 0 Å². The van der Waals surface area contributed by atoms with Gasteiger partial charge in [-0.25, -0.2) is 0 Å². The predicted molar refractivity (Wildman–Crippen MR) is 129 cm³/mol. The zero-order chi connectivity index (χ0) is 21.7. The van der Waals surface area contributed by atoms with Crippen molar-refractivity contribution < 1.29 is 26.3 Å². The fraction of sp³-hybridized carbons (Fsp3) is 0.0357. The fourth-order valence-corrected chi connectivity index (χ4v) is 6.07. The second-order valence-corrected chi connectivity index (χ2v) is 11.2. The molecule has 0 amide bonds. The van der Waals surface area contributed by atoms with E-state index in [4.69, 9.17) is 0 Å². The summed E-state index contributed by atoms with van der Waals surface area (Å²) in [5.74, 6) is 0. The van der Waals surface area contributed by atoms with Gasteiger partial charge in [0.05, 0.1) is 0 Å². The average molecular weight is 591 g/mol. The van der Waals surface area contributed by atoms with E-state index in [1.807, 2.05) is 42.5 Å². The summed E-state index contributed by atoms with van der Waals surface area (Å²) in [6, 6.07) is 24.8. The summed E-state index contributed by atoms with van der Waals surface area (Å²) < 4.78 is 4.72. The Morgan fingerprint density at radius 2 is 1.44 bits per heavy atom. The molecule has 6 rings (SSSR count). The Hall–Kier alpha value is -2.54. The van der Waals surface area contributed by atoms with Crippen LogP contribution < -0.4 is 21.2 Å². The molecule has 1 unspecified atom stereocenters. The van der Waals surface area contributed by atoms with Crippen molar-refractivity contribution >= 4 is 31.7 Å². The first kappa shape index (κ1) is 20.1. The van der Waals surface area contributed by atoms with Gasteiger partial charge in [0.15, 0.2) is 0 Å². The van der Waals surface area contributed by atoms with Crippen LogP contribution in [-0.4, -0.2) is 10.1 Å². The first-order chi connectivity index (χ1) is 15.6. The van der Waals surface area contributed by atoms with E-state index in [2.05, 4.69) is 67.5 Å². The Morgan fingerprint density at radius 1 is 0.750 bits per heavy atom. The summed E-state index contributed by atoms with van der Waals surface area (Å²) in [6.45, 7) is 0. The number of nitrogens with zero attached hydrogens (tertiary/aromatic N) is 1. The molecule has 4 heteroatoms. The fourth-order valence-electron chi connectivity index (χ4n) is 4.50. The van der Waals surface area contributed by atoms with Crippen LogP contribution in [0.3, 0.4) is 0 Å². The monoisotopic (exact) mass is 590 g/mol. The number of fused-ring (bicyclic) bond motifs is 2. The summed E-state index contributed by atoms with van der Waals surface area (Å²) >= 11 is 3.71. The van der Waals surface area contributed by atoms with Gasteiger partial charge in [0, 0.05) is 0 Å². The molecule has 0 saturated heterocycles. The van der Waals surface area contributed by atoms with Gasteiger partial charge in [-0.1, -0.05) is 0 Å². The van der Waals surface area contributed by atoms with Gasteiger partial charge in [-0.05, 0) is 0 Å². The SMILES string of the molecule is OC1(c2ccccc2-c2ccncc2)c2cc(Br)ccc2C=Cc2ccc(C3=C[I-]3)cc21. The molecule has 1 atom stereocenters. The van der Waals surface area contributed by atoms with Gasteiger partial charge in [-0.2, -0.15) is 0 Å². The number of hydrogen-bond acceptors (Lipinski definition) is 2. The Bertz CT molecular complexity index is 1430. The molecular weight excluding hydrogens is 573 g/mol. The minimum atomic E-state index is -1.32. The van der Waals surface area contributed by atoms with Crippen molar-refractivity contribution in [1.82, 2.24) is 4.98 Å². The number of aliphatic hydroxyl groups is 1. The molecule has 2 heterocycles. The van der Waals surface area contributed by atoms with Crippen molar-refractivity contribution in [2.45, 2.75) is 5.60 Å². The van der Waals surface area contributed by atoms with E-state index in [9.17, 15) is 5.11 Å². The maximum absolute atomic E-state index is 12.8. The molecule has 0 radical (unpaired) electrons. The maximum atomic E-state index is 12.8. The molecule has 4 aromatic rings. The van der Waals surface area contributed by atoms with Gasteiger partial charge >= 0.3 is 207 Å². The van der Waals surface area contributed by atoms with E-state index in [0.717, 1.165) is 43.4 Å². The zero-order valence-corrected chi connectivity index (χ0v) is 20.7. The molecule has 1 aliphatic heterocycles. The first-order valence-electron chi connectivity index (χ1n) is 10.3. The number of aromatic nitrogens is 1. The van der Waals surface area contributed by atoms with Crippen LogP contribution in [0.15, 0.2) is 93.7 Å². The van der Waals surface area contributed by atoms with Gasteiger partial charge in [-0.15, -0.1) is 0 Å². The molecule has 0 fully saturated rings. The molecule has 2 nitrogen and oxygen atoms in total. The molecule has 0 bridgehead atoms. The molecule has 1 aromatic heterocycles. The number of hydrogen-bond donors (Lipinski definition) is 1. The number of rotatable bonds is 3. The van der Waals surface area contributed by atoms with Crippen molar-refractivity contribution in [2.75, 3.05) is 0 Å². The topological polar surface area (TPSA) is 33.1 Å². The summed E-state index contributed by atoms with van der Waals surface area (Å²) in [4.78, 5) is 4.18. The van der Waals surface area contributed by atoms with Gasteiger partial charge in [0.1, 0.15) is 0 Å². The van der Waals surface area contributed by atoms with Crippen LogP contribution in [0, 0.1) is 0 Å². The summed E-state index contributed by atoms with van der Waals surface area (Å²) in [5, 5.41) is 12.8. The molecule has 3 aromatic carbocycles. The van der Waals surface area contributed by atoms with Crippen molar-refractivity contribution in [3.8, 4) is 11.1 Å². The second-order valence-electron chi connectivity index (χ2n) is 7.92. The summed E-state index contributed by atoms with van der Waals surface area (Å²) in [5.41, 5.74) is 6.65. The van der Waals surface area contributed by atoms with Gasteiger partial charge in [0.2, 0.25) is 0 Å². The van der Waals surface area contributed by atoms with Crippen LogP contribution in [-0.2, 0) is 5.60 Å². The average Bonchev–Trinajstić information content (AvgIpc) is 3.69. The Morgan fingerprint density at radius 3 is 2.19 bits per heavy atom. The van der Waals surface area contributed by atoms with Crippen LogP contribution in [0.2, 0.25) is 0 Å². The molecule has 32 heavy (non-hydrogen) atoms. The van der Waals surface area contributed by atoms with E-state index < -0.39 is 5.60 Å². The molecule has 0 spiro atoms. The Labute approximate surface area is 205 Å². The number of halogens is 2. The second kappa shape index (κ2) is 7.80. The Kier molecular flexibility index (Phi) is 4.90. The molecular formula is C28H18BrINO-. The van der Waals surface area contributed by atoms with Crippen molar-refractivity contribution in [2.24, 2.45) is 0 Å². The van der Waals surface area contributed by atoms with Crippen molar-refractivity contribution in [1.29, 1.82) is 0 Å². The molecule has 0 saturated carbocycles. The van der Waals surface area contributed by atoms with E-state index in [0.29, 0.717) is 0 Å². The summed E-state index contributed by atoms with van der Waals surface area (Å²) in [6.07, 6.45) is 7.82. The molecule has 2 aliphatic rings. The number of benzene rings is 3. The zero-order valence-electron chi connectivity index (χ0n) is 17.0. The van der Waals surface area contributed by atoms with Gasteiger partial charge in [0.25, 0.3) is 0 Å². The summed E-state index contributed by atoms with van der Waals surface area (Å²) in [7, 11) is 0. The standard InChI is InChI=1S/C28H18BrINO/c29-22-10-9-20-6-5-19-7-8-21(27-17-30-27)15-25(19)28(32,26(20)16-22)24-4-2-1-3-23(24)18-11-13-31-14-12-18/h1-17,32H/q-1. The quantitative estimate of drug-likeness (QED) is 0.369. The third-order valence-corrected chi connectivity index (χ3v) is 8.45. The van der Waals surface area contributed by atoms with E-state index in [1.54, 1.807) is 12.4 Å². The predicted octanol–water partition coefficient (Wildman–Crippen LogP) is 3.68. The Balaban J connectivity index is 1.71. The first-order valence-corrected chi connectivity index (χ1v) is 13.5. The normalized spacial score (nSPS) is 18.6. The van der Waals surface area contributed by atoms with Crippen LogP contribution in [0.1, 0.15) is 33.4 Å². The number of pyridine rings is 1. The van der Waals surface area contributed by atoms with Crippen LogP contribution in [0.5, 0.6) is 0 Å². The van der Waals surface area contributed by atoms with Crippen molar-refractivity contribution in [3.05, 3.63) is 127 Å². The van der Waals surface area contributed by atoms with Crippen LogP contribution in [0.25, 0.3) is 26.9 Å². The molecule has 156 valence electrons. The molecule has 1 N–H and O–H groups in total. The molecule has 1 aliphatic carbocycles. The van der Waals surface area contributed by atoms with Crippen LogP contribution >= 0.6 is 15.9 Å².